The van der Waals surface area contributed by atoms with Gasteiger partial charge in [0.25, 0.3) is 0 Å². The molecule has 1 aliphatic heterocycles. The Kier molecular flexibility index (Phi) is 4.12. The van der Waals surface area contributed by atoms with Crippen molar-refractivity contribution in [2.24, 2.45) is 0 Å². The van der Waals surface area contributed by atoms with Crippen molar-refractivity contribution in [3.05, 3.63) is 22.8 Å². The lowest BCUT2D eigenvalue weighted by Crippen LogP contribution is -2.27. The number of ether oxygens (including phenoxy) is 1. The van der Waals surface area contributed by atoms with Crippen LogP contribution < -0.4 is 5.32 Å². The smallest absolute Gasteiger partial charge is 0.372 e. The first-order chi connectivity index (χ1) is 10.0. The van der Waals surface area contributed by atoms with Gasteiger partial charge in [0, 0.05) is 37.4 Å². The summed E-state index contributed by atoms with van der Waals surface area (Å²) in [6, 6.07) is 0. The molecule has 1 aromatic rings. The maximum atomic E-state index is 12.0. The number of alkyl halides is 3. The van der Waals surface area contributed by atoms with Gasteiger partial charge in [0.05, 0.1) is 18.0 Å². The van der Waals surface area contributed by atoms with Gasteiger partial charge in [-0.15, -0.1) is 0 Å². The molecule has 0 saturated heterocycles. The van der Waals surface area contributed by atoms with Crippen molar-refractivity contribution < 1.29 is 17.9 Å². The van der Waals surface area contributed by atoms with Gasteiger partial charge < -0.3 is 10.1 Å². The average Bonchev–Trinajstić information content (AvgIpc) is 3.26. The first-order valence-corrected chi connectivity index (χ1v) is 7.27. The largest absolute Gasteiger partial charge is 0.411 e. The van der Waals surface area contributed by atoms with Crippen molar-refractivity contribution in [3.8, 4) is 0 Å². The van der Waals surface area contributed by atoms with Crippen LogP contribution in [0, 0.1) is 0 Å². The highest BCUT2D eigenvalue weighted by Gasteiger charge is 2.31. The second-order valence-corrected chi connectivity index (χ2v) is 5.57. The van der Waals surface area contributed by atoms with Gasteiger partial charge in [-0.3, -0.25) is 0 Å². The SMILES string of the molecule is FC(F)(F)COCCc1nc2c(c(C3CC3)n1)CNCC2. The Morgan fingerprint density at radius 1 is 1.24 bits per heavy atom. The van der Waals surface area contributed by atoms with Gasteiger partial charge in [-0.25, -0.2) is 9.97 Å². The summed E-state index contributed by atoms with van der Waals surface area (Å²) in [5, 5.41) is 3.32. The average molecular weight is 301 g/mol. The Morgan fingerprint density at radius 3 is 2.76 bits per heavy atom. The number of nitrogens with zero attached hydrogens (tertiary/aromatic N) is 2. The van der Waals surface area contributed by atoms with Crippen molar-refractivity contribution in [1.29, 1.82) is 0 Å². The third-order valence-electron chi connectivity index (χ3n) is 3.71. The highest BCUT2D eigenvalue weighted by Crippen LogP contribution is 2.41. The lowest BCUT2D eigenvalue weighted by atomic mass is 10.0. The molecule has 7 heteroatoms. The zero-order valence-electron chi connectivity index (χ0n) is 11.7. The van der Waals surface area contributed by atoms with Crippen LogP contribution >= 0.6 is 0 Å². The second-order valence-electron chi connectivity index (χ2n) is 5.57. The molecular weight excluding hydrogens is 283 g/mol. The van der Waals surface area contributed by atoms with Crippen LogP contribution in [0.25, 0.3) is 0 Å². The zero-order chi connectivity index (χ0) is 14.9. The monoisotopic (exact) mass is 301 g/mol. The Labute approximate surface area is 121 Å². The highest BCUT2D eigenvalue weighted by atomic mass is 19.4. The van der Waals surface area contributed by atoms with Crippen LogP contribution in [0.1, 0.15) is 41.5 Å². The molecule has 1 aromatic heterocycles. The Balaban J connectivity index is 1.66. The molecule has 0 bridgehead atoms. The topological polar surface area (TPSA) is 47.0 Å². The van der Waals surface area contributed by atoms with Crippen LogP contribution in [-0.2, 0) is 24.1 Å². The van der Waals surface area contributed by atoms with E-state index < -0.39 is 12.8 Å². The minimum Gasteiger partial charge on any atom is -0.372 e. The van der Waals surface area contributed by atoms with Crippen LogP contribution in [-0.4, -0.2) is 35.9 Å². The van der Waals surface area contributed by atoms with E-state index >= 15 is 0 Å². The molecule has 2 aliphatic rings. The summed E-state index contributed by atoms with van der Waals surface area (Å²) in [4.78, 5) is 9.08. The number of aromatic nitrogens is 2. The maximum absolute atomic E-state index is 12.0. The molecule has 0 radical (unpaired) electrons. The fourth-order valence-corrected chi connectivity index (χ4v) is 2.58. The normalized spacial score (nSPS) is 18.6. The van der Waals surface area contributed by atoms with Gasteiger partial charge in [0.2, 0.25) is 0 Å². The number of halogens is 3. The van der Waals surface area contributed by atoms with E-state index in [4.69, 9.17) is 0 Å². The molecule has 1 fully saturated rings. The molecule has 21 heavy (non-hydrogen) atoms. The van der Waals surface area contributed by atoms with Crippen LogP contribution in [0.15, 0.2) is 0 Å². The van der Waals surface area contributed by atoms with Gasteiger partial charge in [-0.1, -0.05) is 0 Å². The highest BCUT2D eigenvalue weighted by molar-refractivity contribution is 5.33. The number of hydrogen-bond donors (Lipinski definition) is 1. The molecule has 116 valence electrons. The van der Waals surface area contributed by atoms with Crippen molar-refractivity contribution >= 4 is 0 Å². The first kappa shape index (κ1) is 14.7. The van der Waals surface area contributed by atoms with Crippen LogP contribution in [0.2, 0.25) is 0 Å². The number of fused-ring (bicyclic) bond motifs is 1. The van der Waals surface area contributed by atoms with Crippen molar-refractivity contribution in [3.63, 3.8) is 0 Å². The van der Waals surface area contributed by atoms with Gasteiger partial charge in [0.1, 0.15) is 12.4 Å². The van der Waals surface area contributed by atoms with E-state index in [0.717, 1.165) is 43.7 Å². The number of nitrogens with one attached hydrogen (secondary N) is 1. The molecule has 3 rings (SSSR count). The molecule has 0 unspecified atom stereocenters. The Hall–Kier alpha value is -1.21. The quantitative estimate of drug-likeness (QED) is 0.846. The summed E-state index contributed by atoms with van der Waals surface area (Å²) in [7, 11) is 0. The lowest BCUT2D eigenvalue weighted by Gasteiger charge is -2.20. The Morgan fingerprint density at radius 2 is 2.05 bits per heavy atom. The van der Waals surface area contributed by atoms with Crippen LogP contribution in [0.4, 0.5) is 13.2 Å². The minimum absolute atomic E-state index is 0.000648. The molecular formula is C14H18F3N3O. The fraction of sp³-hybridized carbons (Fsp3) is 0.714. The number of rotatable bonds is 5. The van der Waals surface area contributed by atoms with Crippen molar-refractivity contribution in [2.45, 2.75) is 44.3 Å². The second kappa shape index (κ2) is 5.88. The molecule has 0 spiro atoms. The van der Waals surface area contributed by atoms with Crippen LogP contribution in [0.3, 0.4) is 0 Å². The van der Waals surface area contributed by atoms with E-state index in [1.54, 1.807) is 0 Å². The summed E-state index contributed by atoms with van der Waals surface area (Å²) < 4.78 is 40.7. The predicted octanol–water partition coefficient (Wildman–Crippen LogP) is 2.12. The molecule has 2 heterocycles. The third kappa shape index (κ3) is 3.91. The molecule has 0 aromatic carbocycles. The molecule has 1 aliphatic carbocycles. The molecule has 4 nitrogen and oxygen atoms in total. The summed E-state index contributed by atoms with van der Waals surface area (Å²) in [5.74, 6) is 1.12. The molecule has 1 N–H and O–H groups in total. The zero-order valence-corrected chi connectivity index (χ0v) is 11.7. The molecule has 0 atom stereocenters. The maximum Gasteiger partial charge on any atom is 0.411 e. The summed E-state index contributed by atoms with van der Waals surface area (Å²) in [6.45, 7) is 0.474. The Bertz CT molecular complexity index is 515. The standard InChI is InChI=1S/C14H18F3N3O/c15-14(16,17)8-21-6-4-12-19-11-3-5-18-7-10(11)13(20-12)9-1-2-9/h9,18H,1-8H2. The van der Waals surface area contributed by atoms with Crippen molar-refractivity contribution in [1.82, 2.24) is 15.3 Å². The summed E-state index contributed by atoms with van der Waals surface area (Å²) >= 11 is 0. The van der Waals surface area contributed by atoms with Gasteiger partial charge in [-0.05, 0) is 12.8 Å². The summed E-state index contributed by atoms with van der Waals surface area (Å²) in [5.41, 5.74) is 3.35. The molecule has 0 amide bonds. The van der Waals surface area contributed by atoms with E-state index in [2.05, 4.69) is 20.0 Å². The number of hydrogen-bond acceptors (Lipinski definition) is 4. The van der Waals surface area contributed by atoms with E-state index in [9.17, 15) is 13.2 Å². The van der Waals surface area contributed by atoms with E-state index in [1.807, 2.05) is 0 Å². The summed E-state index contributed by atoms with van der Waals surface area (Å²) in [6.07, 6.45) is -0.799. The van der Waals surface area contributed by atoms with Gasteiger partial charge >= 0.3 is 6.18 Å². The van der Waals surface area contributed by atoms with E-state index in [0.29, 0.717) is 18.2 Å². The van der Waals surface area contributed by atoms with Crippen LogP contribution in [0.5, 0.6) is 0 Å². The minimum atomic E-state index is -4.28. The first-order valence-electron chi connectivity index (χ1n) is 7.27. The van der Waals surface area contributed by atoms with Gasteiger partial charge in [0.15, 0.2) is 0 Å². The van der Waals surface area contributed by atoms with Crippen molar-refractivity contribution in [2.75, 3.05) is 19.8 Å². The predicted molar refractivity (Wildman–Crippen MR) is 70.0 cm³/mol. The third-order valence-corrected chi connectivity index (χ3v) is 3.71. The van der Waals surface area contributed by atoms with E-state index in [1.165, 1.54) is 5.56 Å². The van der Waals surface area contributed by atoms with E-state index in [-0.39, 0.29) is 6.61 Å². The fourth-order valence-electron chi connectivity index (χ4n) is 2.58. The molecule has 1 saturated carbocycles. The lowest BCUT2D eigenvalue weighted by molar-refractivity contribution is -0.173. The van der Waals surface area contributed by atoms with Gasteiger partial charge in [-0.2, -0.15) is 13.2 Å².